The van der Waals surface area contributed by atoms with Crippen LogP contribution in [-0.2, 0) is 0 Å². The van der Waals surface area contributed by atoms with Crippen molar-refractivity contribution in [1.82, 2.24) is 42.4 Å². The van der Waals surface area contributed by atoms with Gasteiger partial charge in [0.15, 0.2) is 17.5 Å². The standard InChI is InChI=1S/C99H61N9/c1-3-26-62(27-4-1)97-100-98(65-28-25-31-68(56-65)104-83-42-17-7-32-70(83)71-33-8-18-43-84(71)104)102-99(101-97)66-59-94(106-86-45-20-10-34-72(86)73-35-11-21-46-87(73)106)96(95(60-66)107-88-47-22-12-36-74(88)75-37-13-23-48-89(75)107)108-90-49-24-15-40-78(90)81-58-64(51-55-92(81)108)63-50-54-91-80(57-63)77-39-14-19-44-85(77)105(91)69-52-53-79-76-38-9-16-41-82(76)103(93(79)61-69)67-29-5-2-6-30-67/h1-61H. The lowest BCUT2D eigenvalue weighted by atomic mass is 10.0. The van der Waals surface area contributed by atoms with Crippen LogP contribution in [0.2, 0.25) is 0 Å². The van der Waals surface area contributed by atoms with Crippen molar-refractivity contribution < 1.29 is 0 Å². The molecule has 0 aliphatic carbocycles. The molecule has 0 amide bonds. The zero-order valence-corrected chi connectivity index (χ0v) is 58.2. The average molecular weight is 1380 g/mol. The summed E-state index contributed by atoms with van der Waals surface area (Å²) in [5, 5.41) is 14.1. The molecule has 23 rings (SSSR count). The van der Waals surface area contributed by atoms with Gasteiger partial charge in [0.05, 0.1) is 83.3 Å². The Kier molecular flexibility index (Phi) is 13.0. The number of rotatable bonds is 10. The first-order chi connectivity index (χ1) is 53.6. The first-order valence-electron chi connectivity index (χ1n) is 36.8. The summed E-state index contributed by atoms with van der Waals surface area (Å²) in [6.07, 6.45) is 0. The lowest BCUT2D eigenvalue weighted by Gasteiger charge is -2.23. The molecule has 0 saturated carbocycles. The number of fused-ring (bicyclic) bond motifs is 18. The maximum absolute atomic E-state index is 5.70. The Hall–Kier alpha value is -14.7. The van der Waals surface area contributed by atoms with Gasteiger partial charge < -0.3 is 27.4 Å². The third-order valence-electron chi connectivity index (χ3n) is 22.4. The molecule has 108 heavy (non-hydrogen) atoms. The average Bonchev–Trinajstić information content (AvgIpc) is 1.53. The number of hydrogen-bond donors (Lipinski definition) is 0. The highest BCUT2D eigenvalue weighted by molar-refractivity contribution is 6.17. The predicted molar refractivity (Wildman–Crippen MR) is 448 cm³/mol. The van der Waals surface area contributed by atoms with Crippen molar-refractivity contribution in [3.8, 4) is 79.4 Å². The van der Waals surface area contributed by atoms with E-state index < -0.39 is 0 Å². The largest absolute Gasteiger partial charge is 0.309 e. The molecule has 9 nitrogen and oxygen atoms in total. The summed E-state index contributed by atoms with van der Waals surface area (Å²) in [6, 6.07) is 135. The Morgan fingerprint density at radius 2 is 0.444 bits per heavy atom. The molecule has 23 aromatic rings. The molecule has 502 valence electrons. The Morgan fingerprint density at radius 3 is 0.880 bits per heavy atom. The first kappa shape index (κ1) is 59.8. The van der Waals surface area contributed by atoms with Gasteiger partial charge in [-0.15, -0.1) is 0 Å². The van der Waals surface area contributed by atoms with Crippen LogP contribution < -0.4 is 0 Å². The molecule has 0 fully saturated rings. The van der Waals surface area contributed by atoms with E-state index in [-0.39, 0.29) is 0 Å². The van der Waals surface area contributed by atoms with Gasteiger partial charge in [0.2, 0.25) is 0 Å². The van der Waals surface area contributed by atoms with Crippen molar-refractivity contribution in [2.75, 3.05) is 0 Å². The van der Waals surface area contributed by atoms with Crippen molar-refractivity contribution >= 4 is 131 Å². The molecule has 0 spiro atoms. The number of para-hydroxylation sites is 10. The third kappa shape index (κ3) is 8.90. The first-order valence-corrected chi connectivity index (χ1v) is 36.8. The number of nitrogens with zero attached hydrogens (tertiary/aromatic N) is 9. The van der Waals surface area contributed by atoms with Crippen molar-refractivity contribution in [3.05, 3.63) is 370 Å². The maximum atomic E-state index is 5.70. The minimum absolute atomic E-state index is 0.539. The lowest BCUT2D eigenvalue weighted by molar-refractivity contribution is 1.04. The van der Waals surface area contributed by atoms with Gasteiger partial charge in [0, 0.05) is 98.4 Å². The normalized spacial score (nSPS) is 12.1. The fourth-order valence-corrected chi connectivity index (χ4v) is 17.8. The van der Waals surface area contributed by atoms with Crippen LogP contribution in [0.15, 0.2) is 370 Å². The van der Waals surface area contributed by atoms with Crippen LogP contribution in [0, 0.1) is 0 Å². The van der Waals surface area contributed by atoms with Gasteiger partial charge in [-0.25, -0.2) is 15.0 Å². The minimum Gasteiger partial charge on any atom is -0.309 e. The summed E-state index contributed by atoms with van der Waals surface area (Å²) in [7, 11) is 0. The zero-order valence-electron chi connectivity index (χ0n) is 58.2. The van der Waals surface area contributed by atoms with E-state index >= 15 is 0 Å². The molecule has 0 aliphatic heterocycles. The number of aromatic nitrogens is 9. The van der Waals surface area contributed by atoms with E-state index in [0.29, 0.717) is 17.5 Å². The molecule has 0 unspecified atom stereocenters. The second-order valence-electron chi connectivity index (χ2n) is 28.3. The van der Waals surface area contributed by atoms with Gasteiger partial charge in [-0.2, -0.15) is 0 Å². The van der Waals surface area contributed by atoms with Crippen LogP contribution in [0.25, 0.3) is 210 Å². The quantitative estimate of drug-likeness (QED) is 0.137. The van der Waals surface area contributed by atoms with E-state index in [9.17, 15) is 0 Å². The smallest absolute Gasteiger partial charge is 0.164 e. The highest BCUT2D eigenvalue weighted by Crippen LogP contribution is 2.47. The Labute approximate surface area is 618 Å². The van der Waals surface area contributed by atoms with E-state index in [0.717, 1.165) is 149 Å². The molecule has 16 aromatic carbocycles. The van der Waals surface area contributed by atoms with E-state index in [1.54, 1.807) is 0 Å². The fraction of sp³-hybridized carbons (Fsp3) is 0. The fourth-order valence-electron chi connectivity index (χ4n) is 17.8. The van der Waals surface area contributed by atoms with Crippen LogP contribution in [0.5, 0.6) is 0 Å². The van der Waals surface area contributed by atoms with Crippen molar-refractivity contribution in [1.29, 1.82) is 0 Å². The van der Waals surface area contributed by atoms with Gasteiger partial charge in [-0.1, -0.05) is 243 Å². The monoisotopic (exact) mass is 1380 g/mol. The topological polar surface area (TPSA) is 68.2 Å². The molecule has 0 atom stereocenters. The highest BCUT2D eigenvalue weighted by atomic mass is 15.1. The number of hydrogen-bond acceptors (Lipinski definition) is 3. The molecular formula is C99H61N9. The number of benzene rings is 16. The van der Waals surface area contributed by atoms with Gasteiger partial charge in [-0.3, -0.25) is 0 Å². The molecule has 0 aliphatic rings. The summed E-state index contributed by atoms with van der Waals surface area (Å²) in [4.78, 5) is 16.7. The molecule has 0 N–H and O–H groups in total. The molecule has 7 heterocycles. The van der Waals surface area contributed by atoms with Crippen molar-refractivity contribution in [2.24, 2.45) is 0 Å². The Morgan fingerprint density at radius 1 is 0.148 bits per heavy atom. The van der Waals surface area contributed by atoms with Crippen LogP contribution in [0.3, 0.4) is 0 Å². The Bertz CT molecular complexity index is 7390. The summed E-state index contributed by atoms with van der Waals surface area (Å²) in [6.45, 7) is 0. The predicted octanol–water partition coefficient (Wildman–Crippen LogP) is 25.1. The van der Waals surface area contributed by atoms with Crippen molar-refractivity contribution in [3.63, 3.8) is 0 Å². The SMILES string of the molecule is c1ccc(-c2nc(-c3cccc(-n4c5ccccc5c5ccccc54)c3)nc(-c3cc(-n4c5ccccc5c5ccccc54)c(-n4c5ccccc5c5cc(-c6ccc7c(c6)c6ccccc6n7-c6ccc7c8ccccc8n(-c8ccccc8)c7c6)ccc54)c(-n4c5ccccc5c5ccccc54)c3)n2)cc1. The molecular weight excluding hydrogens is 1320 g/mol. The van der Waals surface area contributed by atoms with Crippen LogP contribution in [-0.4, -0.2) is 42.4 Å². The van der Waals surface area contributed by atoms with Gasteiger partial charge in [-0.05, 0) is 139 Å². The minimum atomic E-state index is 0.539. The molecule has 0 radical (unpaired) electrons. The molecule has 0 bridgehead atoms. The summed E-state index contributed by atoms with van der Waals surface area (Å²) < 4.78 is 14.7. The zero-order chi connectivity index (χ0) is 70.7. The van der Waals surface area contributed by atoms with Crippen molar-refractivity contribution in [2.45, 2.75) is 0 Å². The van der Waals surface area contributed by atoms with E-state index in [1.165, 1.54) is 43.4 Å². The maximum Gasteiger partial charge on any atom is 0.164 e. The van der Waals surface area contributed by atoms with Gasteiger partial charge in [0.1, 0.15) is 0 Å². The third-order valence-corrected chi connectivity index (χ3v) is 22.4. The van der Waals surface area contributed by atoms with Gasteiger partial charge >= 0.3 is 0 Å². The molecule has 9 heteroatoms. The highest BCUT2D eigenvalue weighted by Gasteiger charge is 2.29. The van der Waals surface area contributed by atoms with E-state index in [1.807, 2.05) is 6.07 Å². The van der Waals surface area contributed by atoms with E-state index in [2.05, 4.69) is 391 Å². The van der Waals surface area contributed by atoms with Crippen LogP contribution in [0.4, 0.5) is 0 Å². The summed E-state index contributed by atoms with van der Waals surface area (Å²) >= 11 is 0. The summed E-state index contributed by atoms with van der Waals surface area (Å²) in [5.41, 5.74) is 24.3. The second kappa shape index (κ2) is 23.4. The van der Waals surface area contributed by atoms with Crippen LogP contribution in [0.1, 0.15) is 0 Å². The summed E-state index contributed by atoms with van der Waals surface area (Å²) in [5.74, 6) is 1.67. The van der Waals surface area contributed by atoms with Crippen LogP contribution >= 0.6 is 0 Å². The van der Waals surface area contributed by atoms with E-state index in [4.69, 9.17) is 15.0 Å². The Balaban J connectivity index is 0.771. The molecule has 7 aromatic heterocycles. The van der Waals surface area contributed by atoms with Gasteiger partial charge in [0.25, 0.3) is 0 Å². The second-order valence-corrected chi connectivity index (χ2v) is 28.3. The lowest BCUT2D eigenvalue weighted by Crippen LogP contribution is -2.10. The molecule has 0 saturated heterocycles.